The Balaban J connectivity index is 1.79. The molecule has 0 saturated heterocycles. The first kappa shape index (κ1) is 20.3. The minimum atomic E-state index is -3.62. The van der Waals surface area contributed by atoms with E-state index in [1.54, 1.807) is 24.4 Å². The summed E-state index contributed by atoms with van der Waals surface area (Å²) < 4.78 is 30.5. The largest absolute Gasteiger partial charge is 0.502 e. The molecule has 0 bridgehead atoms. The van der Waals surface area contributed by atoms with E-state index in [0.717, 1.165) is 34.0 Å². The average Bonchev–Trinajstić information content (AvgIpc) is 2.70. The van der Waals surface area contributed by atoms with E-state index in [0.29, 0.717) is 11.3 Å². The van der Waals surface area contributed by atoms with Gasteiger partial charge >= 0.3 is 0 Å². The summed E-state index contributed by atoms with van der Waals surface area (Å²) in [5, 5.41) is 18.1. The molecule has 3 aromatic rings. The maximum absolute atomic E-state index is 12.1. The molecule has 8 nitrogen and oxygen atoms in total. The highest BCUT2D eigenvalue weighted by Crippen LogP contribution is 2.20. The quantitative estimate of drug-likeness (QED) is 0.659. The molecule has 29 heavy (non-hydrogen) atoms. The predicted molar refractivity (Wildman–Crippen MR) is 105 cm³/mol. The summed E-state index contributed by atoms with van der Waals surface area (Å²) in [6, 6.07) is 13.7. The maximum Gasteiger partial charge on any atom is 0.226 e. The zero-order chi connectivity index (χ0) is 21.0. The summed E-state index contributed by atoms with van der Waals surface area (Å²) in [6.45, 7) is -0.190. The van der Waals surface area contributed by atoms with E-state index in [1.807, 2.05) is 18.2 Å². The molecule has 1 aromatic carbocycles. The van der Waals surface area contributed by atoms with Gasteiger partial charge in [-0.25, -0.2) is 8.42 Å². The van der Waals surface area contributed by atoms with Crippen LogP contribution in [0.5, 0.6) is 5.75 Å². The second kappa shape index (κ2) is 8.26. The molecule has 0 aliphatic carbocycles. The number of aromatic hydroxyl groups is 1. The van der Waals surface area contributed by atoms with Crippen molar-refractivity contribution in [2.45, 2.75) is 13.1 Å². The van der Waals surface area contributed by atoms with Crippen molar-refractivity contribution in [2.75, 3.05) is 6.26 Å². The van der Waals surface area contributed by atoms with Gasteiger partial charge in [-0.15, -0.1) is 0 Å². The van der Waals surface area contributed by atoms with Crippen molar-refractivity contribution in [2.24, 2.45) is 0 Å². The van der Waals surface area contributed by atoms with Gasteiger partial charge in [-0.05, 0) is 23.8 Å². The number of hydrogen-bond acceptors (Lipinski definition) is 7. The van der Waals surface area contributed by atoms with Gasteiger partial charge in [-0.3, -0.25) is 9.78 Å². The van der Waals surface area contributed by atoms with Crippen molar-refractivity contribution in [3.8, 4) is 22.9 Å². The number of benzene rings is 1. The van der Waals surface area contributed by atoms with Crippen LogP contribution >= 0.6 is 0 Å². The first-order chi connectivity index (χ1) is 13.8. The van der Waals surface area contributed by atoms with Crippen LogP contribution in [-0.2, 0) is 23.1 Å². The van der Waals surface area contributed by atoms with Crippen LogP contribution in [0.2, 0.25) is 0 Å². The van der Waals surface area contributed by atoms with Crippen molar-refractivity contribution < 1.29 is 17.9 Å². The third-order valence-corrected chi connectivity index (χ3v) is 5.37. The topological polar surface area (TPSA) is 124 Å². The predicted octanol–water partition coefficient (Wildman–Crippen LogP) is 2.24. The van der Waals surface area contributed by atoms with E-state index < -0.39 is 21.2 Å². The Morgan fingerprint density at radius 1 is 1.14 bits per heavy atom. The lowest BCUT2D eigenvalue weighted by molar-refractivity contribution is 0.342. The lowest BCUT2D eigenvalue weighted by Gasteiger charge is -2.19. The SMILES string of the molecule is CS(=O)(=O)N(Cc1ccc(-c2ccc(C#N)cc2)cn1)Cc1cc(=O)c(O)co1. The number of pyridine rings is 1. The van der Waals surface area contributed by atoms with E-state index in [4.69, 9.17) is 9.68 Å². The molecule has 0 aliphatic heterocycles. The van der Waals surface area contributed by atoms with E-state index in [-0.39, 0.29) is 18.8 Å². The summed E-state index contributed by atoms with van der Waals surface area (Å²) in [4.78, 5) is 15.9. The smallest absolute Gasteiger partial charge is 0.226 e. The summed E-state index contributed by atoms with van der Waals surface area (Å²) in [5.41, 5.74) is 2.13. The lowest BCUT2D eigenvalue weighted by atomic mass is 10.1. The van der Waals surface area contributed by atoms with Gasteiger partial charge in [0.2, 0.25) is 15.5 Å². The van der Waals surface area contributed by atoms with Gasteiger partial charge in [-0.1, -0.05) is 18.2 Å². The van der Waals surface area contributed by atoms with Gasteiger partial charge < -0.3 is 9.52 Å². The Morgan fingerprint density at radius 2 is 1.83 bits per heavy atom. The Morgan fingerprint density at radius 3 is 2.38 bits per heavy atom. The summed E-state index contributed by atoms with van der Waals surface area (Å²) in [7, 11) is -3.62. The molecule has 0 aliphatic rings. The molecule has 3 rings (SSSR count). The molecule has 0 fully saturated rings. The lowest BCUT2D eigenvalue weighted by Crippen LogP contribution is -2.29. The molecule has 2 heterocycles. The monoisotopic (exact) mass is 411 g/mol. The van der Waals surface area contributed by atoms with Gasteiger partial charge in [-0.2, -0.15) is 9.57 Å². The molecule has 9 heteroatoms. The molecule has 0 amide bonds. The average molecular weight is 411 g/mol. The van der Waals surface area contributed by atoms with Crippen molar-refractivity contribution in [3.05, 3.63) is 82.2 Å². The fourth-order valence-corrected chi connectivity index (χ4v) is 3.33. The highest BCUT2D eigenvalue weighted by atomic mass is 32.2. The van der Waals surface area contributed by atoms with Crippen LogP contribution in [0.4, 0.5) is 0 Å². The molecular formula is C20H17N3O5S. The van der Waals surface area contributed by atoms with Crippen LogP contribution in [0, 0.1) is 11.3 Å². The van der Waals surface area contributed by atoms with Crippen LogP contribution in [0.3, 0.4) is 0 Å². The van der Waals surface area contributed by atoms with E-state index in [9.17, 15) is 18.3 Å². The van der Waals surface area contributed by atoms with Crippen LogP contribution in [-0.4, -0.2) is 29.1 Å². The Hall–Kier alpha value is -3.48. The van der Waals surface area contributed by atoms with Crippen molar-refractivity contribution >= 4 is 10.0 Å². The molecule has 1 N–H and O–H groups in total. The van der Waals surface area contributed by atoms with E-state index >= 15 is 0 Å². The Bertz CT molecular complexity index is 1210. The molecule has 148 valence electrons. The third-order valence-electron chi connectivity index (χ3n) is 4.18. The van der Waals surface area contributed by atoms with Gasteiger partial charge in [0.05, 0.1) is 36.7 Å². The summed E-state index contributed by atoms with van der Waals surface area (Å²) >= 11 is 0. The molecule has 0 saturated carbocycles. The van der Waals surface area contributed by atoms with Crippen molar-refractivity contribution in [1.29, 1.82) is 5.26 Å². The van der Waals surface area contributed by atoms with E-state index in [2.05, 4.69) is 11.1 Å². The number of aromatic nitrogens is 1. The number of nitrogens with zero attached hydrogens (tertiary/aromatic N) is 3. The van der Waals surface area contributed by atoms with Gasteiger partial charge in [0.1, 0.15) is 12.0 Å². The second-order valence-corrected chi connectivity index (χ2v) is 8.34. The molecule has 0 unspecified atom stereocenters. The maximum atomic E-state index is 12.1. The minimum Gasteiger partial charge on any atom is -0.502 e. The molecule has 0 atom stereocenters. The highest BCUT2D eigenvalue weighted by molar-refractivity contribution is 7.88. The van der Waals surface area contributed by atoms with Crippen LogP contribution in [0.15, 0.2) is 64.1 Å². The molecular weight excluding hydrogens is 394 g/mol. The number of nitriles is 1. The number of sulfonamides is 1. The zero-order valence-corrected chi connectivity index (χ0v) is 16.3. The van der Waals surface area contributed by atoms with E-state index in [1.165, 1.54) is 0 Å². The van der Waals surface area contributed by atoms with Crippen molar-refractivity contribution in [3.63, 3.8) is 0 Å². The fraction of sp³-hybridized carbons (Fsp3) is 0.150. The zero-order valence-electron chi connectivity index (χ0n) is 15.4. The fourth-order valence-electron chi connectivity index (χ4n) is 2.60. The van der Waals surface area contributed by atoms with Gasteiger partial charge in [0, 0.05) is 17.8 Å². The molecule has 0 spiro atoms. The minimum absolute atomic E-state index is 0.0168. The second-order valence-electron chi connectivity index (χ2n) is 6.35. The molecule has 2 aromatic heterocycles. The third kappa shape index (κ3) is 5.07. The summed E-state index contributed by atoms with van der Waals surface area (Å²) in [5.74, 6) is -0.438. The molecule has 0 radical (unpaired) electrons. The number of hydrogen-bond donors (Lipinski definition) is 1. The number of rotatable bonds is 6. The van der Waals surface area contributed by atoms with Gasteiger partial charge in [0.25, 0.3) is 0 Å². The first-order valence-electron chi connectivity index (χ1n) is 8.47. The Kier molecular flexibility index (Phi) is 5.77. The first-order valence-corrected chi connectivity index (χ1v) is 10.3. The van der Waals surface area contributed by atoms with Crippen molar-refractivity contribution in [1.82, 2.24) is 9.29 Å². The van der Waals surface area contributed by atoms with Crippen LogP contribution < -0.4 is 5.43 Å². The van der Waals surface area contributed by atoms with Crippen LogP contribution in [0.1, 0.15) is 17.0 Å². The summed E-state index contributed by atoms with van der Waals surface area (Å²) in [6.07, 6.45) is 3.55. The highest BCUT2D eigenvalue weighted by Gasteiger charge is 2.20. The Labute approximate surface area is 167 Å². The normalized spacial score (nSPS) is 11.3. The van der Waals surface area contributed by atoms with Gasteiger partial charge in [0.15, 0.2) is 5.75 Å². The van der Waals surface area contributed by atoms with Crippen LogP contribution in [0.25, 0.3) is 11.1 Å². The standard InChI is InChI=1S/C20H17N3O5S/c1-29(26,27)23(12-18-8-19(24)20(25)13-28-18)11-17-7-6-16(10-22-17)15-4-2-14(9-21)3-5-15/h2-8,10,13,25H,11-12H2,1H3.